The number of pyridine rings is 1. The first-order valence-electron chi connectivity index (χ1n) is 7.69. The van der Waals surface area contributed by atoms with Gasteiger partial charge in [0.2, 0.25) is 5.75 Å². The second-order valence-corrected chi connectivity index (χ2v) is 5.41. The number of aromatic nitrogens is 1. The number of unbranched alkanes of at least 4 members (excludes halogenated alkanes) is 3. The molecule has 2 rings (SSSR count). The number of nitrogen functional groups attached to an aromatic ring is 1. The number of nitrogens with zero attached hydrogens (tertiary/aromatic N) is 1. The Labute approximate surface area is 130 Å². The first kappa shape index (κ1) is 16.2. The van der Waals surface area contributed by atoms with Crippen molar-refractivity contribution in [2.75, 3.05) is 19.5 Å². The fourth-order valence-corrected chi connectivity index (χ4v) is 2.53. The van der Waals surface area contributed by atoms with Gasteiger partial charge in [-0.25, -0.2) is 0 Å². The van der Waals surface area contributed by atoms with E-state index in [1.807, 2.05) is 6.07 Å². The van der Waals surface area contributed by atoms with E-state index in [1.54, 1.807) is 19.2 Å². The van der Waals surface area contributed by atoms with Crippen LogP contribution >= 0.6 is 0 Å². The second kappa shape index (κ2) is 7.20. The Bertz CT molecular complexity index is 707. The molecule has 5 heteroatoms. The summed E-state index contributed by atoms with van der Waals surface area (Å²) in [5.74, 6) is 0.757. The minimum atomic E-state index is -0.218. The molecule has 0 radical (unpaired) electrons. The van der Waals surface area contributed by atoms with Crippen LogP contribution in [0.4, 0.5) is 5.69 Å². The molecule has 0 unspecified atom stereocenters. The number of rotatable bonds is 7. The highest BCUT2D eigenvalue weighted by Crippen LogP contribution is 2.33. The molecule has 0 saturated heterocycles. The highest BCUT2D eigenvalue weighted by Gasteiger charge is 2.17. The smallest absolute Gasteiger partial charge is 0.297 e. The van der Waals surface area contributed by atoms with E-state index in [1.165, 1.54) is 24.5 Å². The molecule has 0 aliphatic carbocycles. The van der Waals surface area contributed by atoms with Gasteiger partial charge in [-0.3, -0.25) is 4.79 Å². The molecule has 0 bridgehead atoms. The summed E-state index contributed by atoms with van der Waals surface area (Å²) < 4.78 is 12.7. The molecule has 0 saturated carbocycles. The van der Waals surface area contributed by atoms with E-state index in [4.69, 9.17) is 15.2 Å². The number of hydrogen-bond donors (Lipinski definition) is 1. The largest absolute Gasteiger partial charge is 0.489 e. The van der Waals surface area contributed by atoms with E-state index in [2.05, 4.69) is 6.92 Å². The third kappa shape index (κ3) is 3.18. The summed E-state index contributed by atoms with van der Waals surface area (Å²) in [5.41, 5.74) is 6.97. The first-order valence-corrected chi connectivity index (χ1v) is 7.69. The standard InChI is InChI=1S/C17H24N2O3/c1-4-5-6-7-10-22-15-13-9-8-12(18)11-14(13)19(2)17(20)16(15)21-3/h8-9,11H,4-7,10,18H2,1-3H3. The number of ether oxygens (including phenoxy) is 2. The topological polar surface area (TPSA) is 66.5 Å². The van der Waals surface area contributed by atoms with Gasteiger partial charge in [-0.1, -0.05) is 26.2 Å². The summed E-state index contributed by atoms with van der Waals surface area (Å²) in [6.45, 7) is 2.74. The van der Waals surface area contributed by atoms with Crippen LogP contribution in [-0.2, 0) is 7.05 Å². The monoisotopic (exact) mass is 304 g/mol. The van der Waals surface area contributed by atoms with Gasteiger partial charge in [0.1, 0.15) is 0 Å². The van der Waals surface area contributed by atoms with Crippen molar-refractivity contribution in [1.29, 1.82) is 0 Å². The van der Waals surface area contributed by atoms with Gasteiger partial charge in [0.05, 0.1) is 19.2 Å². The van der Waals surface area contributed by atoms with E-state index < -0.39 is 0 Å². The molecule has 2 aromatic rings. The third-order valence-corrected chi connectivity index (χ3v) is 3.78. The van der Waals surface area contributed by atoms with Gasteiger partial charge in [-0.2, -0.15) is 0 Å². The van der Waals surface area contributed by atoms with Crippen molar-refractivity contribution in [2.45, 2.75) is 32.6 Å². The van der Waals surface area contributed by atoms with E-state index in [0.717, 1.165) is 23.7 Å². The fourth-order valence-electron chi connectivity index (χ4n) is 2.53. The minimum Gasteiger partial charge on any atom is -0.489 e. The zero-order valence-electron chi connectivity index (χ0n) is 13.5. The molecule has 2 N–H and O–H groups in total. The minimum absolute atomic E-state index is 0.218. The average Bonchev–Trinajstić information content (AvgIpc) is 2.52. The lowest BCUT2D eigenvalue weighted by molar-refractivity contribution is 0.286. The number of hydrogen-bond acceptors (Lipinski definition) is 4. The highest BCUT2D eigenvalue weighted by molar-refractivity contribution is 5.90. The number of benzene rings is 1. The lowest BCUT2D eigenvalue weighted by atomic mass is 10.1. The van der Waals surface area contributed by atoms with Crippen LogP contribution in [0.1, 0.15) is 32.6 Å². The number of nitrogens with two attached hydrogens (primary N) is 1. The summed E-state index contributed by atoms with van der Waals surface area (Å²) in [6.07, 6.45) is 4.45. The second-order valence-electron chi connectivity index (χ2n) is 5.41. The Morgan fingerprint density at radius 1 is 1.18 bits per heavy atom. The Morgan fingerprint density at radius 2 is 1.95 bits per heavy atom. The van der Waals surface area contributed by atoms with Crippen LogP contribution in [0.25, 0.3) is 10.9 Å². The molecule has 22 heavy (non-hydrogen) atoms. The molecule has 120 valence electrons. The summed E-state index contributed by atoms with van der Waals surface area (Å²) in [6, 6.07) is 5.45. The Kier molecular flexibility index (Phi) is 5.31. The maximum Gasteiger partial charge on any atom is 0.297 e. The highest BCUT2D eigenvalue weighted by atomic mass is 16.5. The van der Waals surface area contributed by atoms with Crippen molar-refractivity contribution in [3.05, 3.63) is 28.6 Å². The molecule has 0 atom stereocenters. The summed E-state index contributed by atoms with van der Waals surface area (Å²) >= 11 is 0. The summed E-state index contributed by atoms with van der Waals surface area (Å²) in [4.78, 5) is 12.4. The molecule has 1 heterocycles. The number of methoxy groups -OCH3 is 1. The molecule has 1 aromatic carbocycles. The lowest BCUT2D eigenvalue weighted by Gasteiger charge is -2.15. The number of aryl methyl sites for hydroxylation is 1. The molecule has 5 nitrogen and oxygen atoms in total. The molecule has 0 spiro atoms. The maximum absolute atomic E-state index is 12.4. The van der Waals surface area contributed by atoms with Crippen LogP contribution in [0.3, 0.4) is 0 Å². The van der Waals surface area contributed by atoms with Crippen molar-refractivity contribution in [3.63, 3.8) is 0 Å². The van der Waals surface area contributed by atoms with Gasteiger partial charge >= 0.3 is 0 Å². The van der Waals surface area contributed by atoms with Crippen molar-refractivity contribution in [1.82, 2.24) is 4.57 Å². The van der Waals surface area contributed by atoms with Gasteiger partial charge in [0, 0.05) is 18.1 Å². The zero-order valence-corrected chi connectivity index (χ0v) is 13.5. The fraction of sp³-hybridized carbons (Fsp3) is 0.471. The molecular weight excluding hydrogens is 280 g/mol. The Hall–Kier alpha value is -2.17. The average molecular weight is 304 g/mol. The molecule has 0 aliphatic rings. The maximum atomic E-state index is 12.4. The SMILES string of the molecule is CCCCCCOc1c(OC)c(=O)n(C)c2cc(N)ccc12. The molecule has 1 aromatic heterocycles. The van der Waals surface area contributed by atoms with E-state index in [0.29, 0.717) is 18.0 Å². The van der Waals surface area contributed by atoms with Gasteiger partial charge in [-0.05, 0) is 24.6 Å². The van der Waals surface area contributed by atoms with Gasteiger partial charge in [0.15, 0.2) is 5.75 Å². The van der Waals surface area contributed by atoms with Crippen molar-refractivity contribution in [3.8, 4) is 11.5 Å². The quantitative estimate of drug-likeness (QED) is 0.630. The molecule has 0 fully saturated rings. The van der Waals surface area contributed by atoms with E-state index in [9.17, 15) is 4.79 Å². The predicted molar refractivity (Wildman–Crippen MR) is 89.8 cm³/mol. The number of anilines is 1. The van der Waals surface area contributed by atoms with Crippen molar-refractivity contribution >= 4 is 16.6 Å². The van der Waals surface area contributed by atoms with Crippen LogP contribution in [0.15, 0.2) is 23.0 Å². The van der Waals surface area contributed by atoms with Crippen molar-refractivity contribution < 1.29 is 9.47 Å². The van der Waals surface area contributed by atoms with Gasteiger partial charge in [-0.15, -0.1) is 0 Å². The molecule has 0 aliphatic heterocycles. The van der Waals surface area contributed by atoms with E-state index in [-0.39, 0.29) is 11.3 Å². The summed E-state index contributed by atoms with van der Waals surface area (Å²) in [7, 11) is 3.20. The third-order valence-electron chi connectivity index (χ3n) is 3.78. The normalized spacial score (nSPS) is 10.9. The molecular formula is C17H24N2O3. The van der Waals surface area contributed by atoms with Crippen LogP contribution in [0.5, 0.6) is 11.5 Å². The van der Waals surface area contributed by atoms with Crippen LogP contribution < -0.4 is 20.8 Å². The van der Waals surface area contributed by atoms with Gasteiger partial charge in [0.25, 0.3) is 5.56 Å². The Balaban J connectivity index is 2.42. The lowest BCUT2D eigenvalue weighted by Crippen LogP contribution is -2.20. The van der Waals surface area contributed by atoms with Gasteiger partial charge < -0.3 is 19.8 Å². The predicted octanol–water partition coefficient (Wildman–Crippen LogP) is 3.09. The van der Waals surface area contributed by atoms with Crippen LogP contribution in [0, 0.1) is 0 Å². The molecule has 0 amide bonds. The zero-order chi connectivity index (χ0) is 16.1. The Morgan fingerprint density at radius 3 is 2.64 bits per heavy atom. The summed E-state index contributed by atoms with van der Waals surface area (Å²) in [5, 5.41) is 0.837. The van der Waals surface area contributed by atoms with Crippen LogP contribution in [0.2, 0.25) is 0 Å². The number of fused-ring (bicyclic) bond motifs is 1. The van der Waals surface area contributed by atoms with Crippen LogP contribution in [-0.4, -0.2) is 18.3 Å². The van der Waals surface area contributed by atoms with E-state index >= 15 is 0 Å². The van der Waals surface area contributed by atoms with Crippen molar-refractivity contribution in [2.24, 2.45) is 7.05 Å². The first-order chi connectivity index (χ1) is 10.6.